The molecule has 0 unspecified atom stereocenters. The van der Waals surface area contributed by atoms with Crippen molar-refractivity contribution in [1.82, 2.24) is 0 Å². The van der Waals surface area contributed by atoms with E-state index in [2.05, 4.69) is 0 Å². The van der Waals surface area contributed by atoms with Crippen molar-refractivity contribution in [3.05, 3.63) is 45.5 Å². The third kappa shape index (κ3) is 2.57. The quantitative estimate of drug-likeness (QED) is 0.618. The van der Waals surface area contributed by atoms with Crippen LogP contribution in [0.2, 0.25) is 0 Å². The van der Waals surface area contributed by atoms with Gasteiger partial charge in [0, 0.05) is 5.56 Å². The van der Waals surface area contributed by atoms with Crippen LogP contribution < -0.4 is 0 Å². The van der Waals surface area contributed by atoms with Crippen molar-refractivity contribution in [2.45, 2.75) is 0 Å². The normalized spacial score (nSPS) is 10.9. The average Bonchev–Trinajstić information content (AvgIpc) is 2.18. The molecule has 0 spiro atoms. The molecule has 0 aliphatic carbocycles. The minimum absolute atomic E-state index is 0.146. The highest BCUT2D eigenvalue weighted by molar-refractivity contribution is 5.53. The van der Waals surface area contributed by atoms with Crippen LogP contribution >= 0.6 is 0 Å². The molecule has 0 aliphatic rings. The van der Waals surface area contributed by atoms with Gasteiger partial charge in [0.15, 0.2) is 0 Å². The summed E-state index contributed by atoms with van der Waals surface area (Å²) in [5, 5.41) is 18.7. The van der Waals surface area contributed by atoms with E-state index in [0.717, 1.165) is 6.08 Å². The third-order valence-electron chi connectivity index (χ3n) is 1.67. The van der Waals surface area contributed by atoms with Gasteiger partial charge in [-0.15, -0.1) is 0 Å². The second-order valence-electron chi connectivity index (χ2n) is 2.67. The number of nitro groups is 1. The Morgan fingerprint density at radius 2 is 2.07 bits per heavy atom. The first kappa shape index (κ1) is 11.3. The van der Waals surface area contributed by atoms with Gasteiger partial charge in [-0.25, -0.2) is 4.39 Å². The Labute approximate surface area is 83.6 Å². The van der Waals surface area contributed by atoms with Gasteiger partial charge in [0.1, 0.15) is 5.82 Å². The fraction of sp³-hybridized carbons (Fsp3) is 0.111. The van der Waals surface area contributed by atoms with Crippen LogP contribution in [-0.2, 0) is 0 Å². The number of halogens is 2. The number of nitro benzene ring substituents is 1. The van der Waals surface area contributed by atoms with E-state index < -0.39 is 22.2 Å². The molecule has 1 aromatic carbocycles. The highest BCUT2D eigenvalue weighted by Crippen LogP contribution is 2.22. The molecular formula is C9H7F2NO3. The number of hydrogen-bond acceptors (Lipinski definition) is 3. The zero-order valence-electron chi connectivity index (χ0n) is 7.48. The van der Waals surface area contributed by atoms with Gasteiger partial charge < -0.3 is 5.11 Å². The van der Waals surface area contributed by atoms with Crippen LogP contribution in [0.1, 0.15) is 5.56 Å². The highest BCUT2D eigenvalue weighted by atomic mass is 19.1. The SMILES string of the molecule is O=[N+]([O-])c1cc(F)c(/C=C/CO)cc1F. The molecule has 0 saturated heterocycles. The molecule has 80 valence electrons. The van der Waals surface area contributed by atoms with Crippen LogP contribution in [0.5, 0.6) is 0 Å². The van der Waals surface area contributed by atoms with Crippen molar-refractivity contribution >= 4 is 11.8 Å². The summed E-state index contributed by atoms with van der Waals surface area (Å²) >= 11 is 0. The van der Waals surface area contributed by atoms with Crippen molar-refractivity contribution < 1.29 is 18.8 Å². The zero-order chi connectivity index (χ0) is 11.4. The number of benzene rings is 1. The van der Waals surface area contributed by atoms with Crippen LogP contribution in [0.15, 0.2) is 18.2 Å². The Kier molecular flexibility index (Phi) is 3.46. The molecule has 4 nitrogen and oxygen atoms in total. The van der Waals surface area contributed by atoms with Crippen LogP contribution in [0.4, 0.5) is 14.5 Å². The Balaban J connectivity index is 3.19. The highest BCUT2D eigenvalue weighted by Gasteiger charge is 2.17. The minimum Gasteiger partial charge on any atom is -0.392 e. The van der Waals surface area contributed by atoms with E-state index in [9.17, 15) is 18.9 Å². The lowest BCUT2D eigenvalue weighted by atomic mass is 10.1. The molecule has 1 rings (SSSR count). The van der Waals surface area contributed by atoms with Crippen molar-refractivity contribution in [1.29, 1.82) is 0 Å². The Morgan fingerprint density at radius 3 is 2.60 bits per heavy atom. The molecule has 0 heterocycles. The van der Waals surface area contributed by atoms with E-state index in [-0.39, 0.29) is 12.2 Å². The average molecular weight is 215 g/mol. The van der Waals surface area contributed by atoms with E-state index in [1.165, 1.54) is 6.08 Å². The summed E-state index contributed by atoms with van der Waals surface area (Å²) in [7, 11) is 0. The van der Waals surface area contributed by atoms with Crippen molar-refractivity contribution in [3.8, 4) is 0 Å². The van der Waals surface area contributed by atoms with E-state index >= 15 is 0 Å². The number of nitrogens with zero attached hydrogens (tertiary/aromatic N) is 1. The smallest absolute Gasteiger partial charge is 0.307 e. The molecule has 0 aromatic heterocycles. The first-order valence-corrected chi connectivity index (χ1v) is 3.97. The molecule has 0 amide bonds. The van der Waals surface area contributed by atoms with Crippen molar-refractivity contribution in [3.63, 3.8) is 0 Å². The first-order chi connectivity index (χ1) is 7.06. The fourth-order valence-electron chi connectivity index (χ4n) is 0.999. The molecule has 0 saturated carbocycles. The second-order valence-corrected chi connectivity index (χ2v) is 2.67. The van der Waals surface area contributed by atoms with Gasteiger partial charge >= 0.3 is 5.69 Å². The summed E-state index contributed by atoms with van der Waals surface area (Å²) in [6.45, 7) is -0.321. The summed E-state index contributed by atoms with van der Waals surface area (Å²) in [5.41, 5.74) is -1.05. The number of rotatable bonds is 3. The lowest BCUT2D eigenvalue weighted by molar-refractivity contribution is -0.387. The molecule has 1 aromatic rings. The van der Waals surface area contributed by atoms with Crippen molar-refractivity contribution in [2.75, 3.05) is 6.61 Å². The van der Waals surface area contributed by atoms with E-state index in [0.29, 0.717) is 12.1 Å². The van der Waals surface area contributed by atoms with E-state index in [1.807, 2.05) is 0 Å². The van der Waals surface area contributed by atoms with Gasteiger partial charge in [-0.2, -0.15) is 4.39 Å². The second kappa shape index (κ2) is 4.61. The summed E-state index contributed by atoms with van der Waals surface area (Å²) in [5.74, 6) is -2.02. The predicted octanol–water partition coefficient (Wildman–Crippen LogP) is 1.88. The van der Waals surface area contributed by atoms with Gasteiger partial charge in [-0.3, -0.25) is 10.1 Å². The topological polar surface area (TPSA) is 63.4 Å². The van der Waals surface area contributed by atoms with Gasteiger partial charge in [-0.1, -0.05) is 12.2 Å². The maximum absolute atomic E-state index is 13.1. The molecule has 0 radical (unpaired) electrons. The van der Waals surface area contributed by atoms with Crippen LogP contribution in [-0.4, -0.2) is 16.6 Å². The van der Waals surface area contributed by atoms with Gasteiger partial charge in [0.05, 0.1) is 17.6 Å². The fourth-order valence-corrected chi connectivity index (χ4v) is 0.999. The summed E-state index contributed by atoms with van der Waals surface area (Å²) in [4.78, 5) is 9.24. The molecular weight excluding hydrogens is 208 g/mol. The van der Waals surface area contributed by atoms with Gasteiger partial charge in [0.2, 0.25) is 5.82 Å². The molecule has 15 heavy (non-hydrogen) atoms. The summed E-state index contributed by atoms with van der Waals surface area (Å²) in [6, 6.07) is 1.21. The number of hydrogen-bond donors (Lipinski definition) is 1. The lowest BCUT2D eigenvalue weighted by Gasteiger charge is -1.98. The van der Waals surface area contributed by atoms with Crippen LogP contribution in [0, 0.1) is 21.7 Å². The maximum Gasteiger partial charge on any atom is 0.307 e. The molecule has 6 heteroatoms. The van der Waals surface area contributed by atoms with Crippen LogP contribution in [0.25, 0.3) is 6.08 Å². The minimum atomic E-state index is -1.11. The lowest BCUT2D eigenvalue weighted by Crippen LogP contribution is -1.95. The molecule has 1 N–H and O–H groups in total. The Bertz CT molecular complexity index is 418. The third-order valence-corrected chi connectivity index (χ3v) is 1.67. The largest absolute Gasteiger partial charge is 0.392 e. The molecule has 0 atom stereocenters. The zero-order valence-corrected chi connectivity index (χ0v) is 7.48. The monoisotopic (exact) mass is 215 g/mol. The molecule has 0 fully saturated rings. The van der Waals surface area contributed by atoms with Gasteiger partial charge in [-0.05, 0) is 6.07 Å². The Morgan fingerprint density at radius 1 is 1.40 bits per heavy atom. The standard InChI is InChI=1S/C9H7F2NO3/c10-7-5-9(12(14)15)8(11)4-6(7)2-1-3-13/h1-2,4-5,13H,3H2/b2-1+. The summed E-state index contributed by atoms with van der Waals surface area (Å²) in [6.07, 6.45) is 2.34. The Hall–Kier alpha value is -1.82. The predicted molar refractivity (Wildman–Crippen MR) is 49.1 cm³/mol. The summed E-state index contributed by atoms with van der Waals surface area (Å²) < 4.78 is 26.1. The number of aliphatic hydroxyl groups excluding tert-OH is 1. The molecule has 0 bridgehead atoms. The van der Waals surface area contributed by atoms with Gasteiger partial charge in [0.25, 0.3) is 0 Å². The van der Waals surface area contributed by atoms with Crippen LogP contribution in [0.3, 0.4) is 0 Å². The maximum atomic E-state index is 13.1. The van der Waals surface area contributed by atoms with Crippen molar-refractivity contribution in [2.24, 2.45) is 0 Å². The van der Waals surface area contributed by atoms with E-state index in [4.69, 9.17) is 5.11 Å². The van der Waals surface area contributed by atoms with E-state index in [1.54, 1.807) is 0 Å². The molecule has 0 aliphatic heterocycles. The first-order valence-electron chi connectivity index (χ1n) is 3.97. The number of aliphatic hydroxyl groups is 1.